The van der Waals surface area contributed by atoms with Crippen LogP contribution in [0.2, 0.25) is 0 Å². The van der Waals surface area contributed by atoms with Crippen LogP contribution in [0.4, 0.5) is 5.69 Å². The molecular weight excluding hydrogens is 396 g/mol. The Balaban J connectivity index is 1.55. The molecule has 1 atom stereocenters. The van der Waals surface area contributed by atoms with Crippen molar-refractivity contribution in [3.05, 3.63) is 65.5 Å². The first-order valence-corrected chi connectivity index (χ1v) is 10.1. The third kappa shape index (κ3) is 3.98. The molecular formula is C22H24N6O3. The van der Waals surface area contributed by atoms with Gasteiger partial charge in [0.1, 0.15) is 11.4 Å². The second-order valence-corrected chi connectivity index (χ2v) is 7.38. The van der Waals surface area contributed by atoms with E-state index >= 15 is 0 Å². The van der Waals surface area contributed by atoms with Crippen LogP contribution in [0.5, 0.6) is 5.75 Å². The number of nitrogens with one attached hydrogen (secondary N) is 1. The number of likely N-dealkylation sites (tertiary alicyclic amines) is 1. The van der Waals surface area contributed by atoms with Crippen LogP contribution in [0.3, 0.4) is 0 Å². The summed E-state index contributed by atoms with van der Waals surface area (Å²) in [7, 11) is 3.29. The Morgan fingerprint density at radius 3 is 2.74 bits per heavy atom. The number of rotatable bonds is 5. The maximum absolute atomic E-state index is 13.0. The van der Waals surface area contributed by atoms with Gasteiger partial charge in [-0.3, -0.25) is 14.3 Å². The predicted molar refractivity (Wildman–Crippen MR) is 114 cm³/mol. The van der Waals surface area contributed by atoms with Crippen molar-refractivity contribution in [1.82, 2.24) is 24.6 Å². The molecule has 0 bridgehead atoms. The van der Waals surface area contributed by atoms with Crippen LogP contribution in [0, 0.1) is 6.92 Å². The molecule has 2 aromatic heterocycles. The van der Waals surface area contributed by atoms with E-state index in [0.717, 1.165) is 12.8 Å². The first-order chi connectivity index (χ1) is 15.0. The van der Waals surface area contributed by atoms with Crippen LogP contribution in [0.1, 0.15) is 51.2 Å². The van der Waals surface area contributed by atoms with E-state index in [4.69, 9.17) is 4.74 Å². The van der Waals surface area contributed by atoms with E-state index in [1.165, 1.54) is 6.20 Å². The first-order valence-electron chi connectivity index (χ1n) is 10.1. The SMILES string of the molecule is COc1ccccc1NC(=O)c1cnc([C@H]2CCCN2C(=O)c2ccnn2C)nc1C. The Hall–Kier alpha value is -3.75. The normalized spacial score (nSPS) is 15.7. The molecule has 0 aliphatic carbocycles. The van der Waals surface area contributed by atoms with Crippen molar-refractivity contribution in [2.24, 2.45) is 7.05 Å². The molecule has 160 valence electrons. The lowest BCUT2D eigenvalue weighted by Gasteiger charge is -2.24. The number of ether oxygens (including phenoxy) is 1. The Morgan fingerprint density at radius 2 is 2.03 bits per heavy atom. The number of aryl methyl sites for hydroxylation is 2. The number of para-hydroxylation sites is 2. The van der Waals surface area contributed by atoms with Crippen LogP contribution in [0.15, 0.2) is 42.7 Å². The second-order valence-electron chi connectivity index (χ2n) is 7.38. The van der Waals surface area contributed by atoms with Crippen LogP contribution in [-0.4, -0.2) is 50.1 Å². The van der Waals surface area contributed by atoms with Gasteiger partial charge in [-0.2, -0.15) is 5.10 Å². The van der Waals surface area contributed by atoms with Crippen LogP contribution in [-0.2, 0) is 7.05 Å². The molecule has 3 aromatic rings. The number of carbonyl (C=O) groups is 2. The smallest absolute Gasteiger partial charge is 0.272 e. The van der Waals surface area contributed by atoms with Gasteiger partial charge in [-0.05, 0) is 38.0 Å². The van der Waals surface area contributed by atoms with Gasteiger partial charge in [0.05, 0.1) is 30.1 Å². The topological polar surface area (TPSA) is 102 Å². The van der Waals surface area contributed by atoms with E-state index in [1.54, 1.807) is 55.1 Å². The fourth-order valence-electron chi connectivity index (χ4n) is 3.82. The summed E-state index contributed by atoms with van der Waals surface area (Å²) in [5.41, 5.74) is 2.02. The van der Waals surface area contributed by atoms with E-state index in [0.29, 0.717) is 40.8 Å². The van der Waals surface area contributed by atoms with Crippen molar-refractivity contribution in [3.8, 4) is 5.75 Å². The van der Waals surface area contributed by atoms with E-state index in [1.807, 2.05) is 12.1 Å². The zero-order valence-corrected chi connectivity index (χ0v) is 17.7. The van der Waals surface area contributed by atoms with E-state index in [-0.39, 0.29) is 17.9 Å². The van der Waals surface area contributed by atoms with Crippen molar-refractivity contribution in [1.29, 1.82) is 0 Å². The fourth-order valence-corrected chi connectivity index (χ4v) is 3.82. The minimum absolute atomic E-state index is 0.0956. The number of anilines is 1. The quantitative estimate of drug-likeness (QED) is 0.681. The van der Waals surface area contributed by atoms with Crippen molar-refractivity contribution in [2.45, 2.75) is 25.8 Å². The van der Waals surface area contributed by atoms with E-state index in [2.05, 4.69) is 20.4 Å². The molecule has 1 aromatic carbocycles. The Morgan fingerprint density at radius 1 is 1.23 bits per heavy atom. The summed E-state index contributed by atoms with van der Waals surface area (Å²) in [5, 5.41) is 6.92. The van der Waals surface area contributed by atoms with Gasteiger partial charge in [0, 0.05) is 26.0 Å². The molecule has 3 heterocycles. The highest BCUT2D eigenvalue weighted by atomic mass is 16.5. The Labute approximate surface area is 180 Å². The number of nitrogens with zero attached hydrogens (tertiary/aromatic N) is 5. The zero-order chi connectivity index (χ0) is 22.0. The standard InChI is InChI=1S/C22H24N6O3/c1-14-15(21(29)26-16-7-4-5-9-19(16)31-3)13-23-20(25-14)17-8-6-12-28(17)22(30)18-10-11-24-27(18)2/h4-5,7,9-11,13,17H,6,8,12H2,1-3H3,(H,26,29)/t17-/m1/s1. The average Bonchev–Trinajstić information content (AvgIpc) is 3.42. The largest absolute Gasteiger partial charge is 0.495 e. The number of aromatic nitrogens is 4. The molecule has 0 unspecified atom stereocenters. The molecule has 1 N–H and O–H groups in total. The number of hydrogen-bond donors (Lipinski definition) is 1. The molecule has 0 radical (unpaired) electrons. The predicted octanol–water partition coefficient (Wildman–Crippen LogP) is 2.76. The van der Waals surface area contributed by atoms with Gasteiger partial charge in [0.2, 0.25) is 0 Å². The number of benzene rings is 1. The third-order valence-corrected chi connectivity index (χ3v) is 5.45. The van der Waals surface area contributed by atoms with Crippen LogP contribution >= 0.6 is 0 Å². The maximum atomic E-state index is 13.0. The molecule has 2 amide bonds. The summed E-state index contributed by atoms with van der Waals surface area (Å²) < 4.78 is 6.85. The summed E-state index contributed by atoms with van der Waals surface area (Å²) in [6.45, 7) is 2.40. The second kappa shape index (κ2) is 8.55. The van der Waals surface area contributed by atoms with Gasteiger partial charge in [0.15, 0.2) is 5.82 Å². The molecule has 1 aliphatic heterocycles. The number of hydrogen-bond acceptors (Lipinski definition) is 6. The number of carbonyl (C=O) groups excluding carboxylic acids is 2. The summed E-state index contributed by atoms with van der Waals surface area (Å²) >= 11 is 0. The maximum Gasteiger partial charge on any atom is 0.272 e. The minimum atomic E-state index is -0.317. The highest BCUT2D eigenvalue weighted by Gasteiger charge is 2.34. The number of amides is 2. The molecule has 9 heteroatoms. The molecule has 1 fully saturated rings. The van der Waals surface area contributed by atoms with Crippen LogP contribution in [0.25, 0.3) is 0 Å². The van der Waals surface area contributed by atoms with Gasteiger partial charge < -0.3 is 15.0 Å². The highest BCUT2D eigenvalue weighted by molar-refractivity contribution is 6.05. The van der Waals surface area contributed by atoms with Gasteiger partial charge in [-0.1, -0.05) is 12.1 Å². The van der Waals surface area contributed by atoms with Crippen molar-refractivity contribution < 1.29 is 14.3 Å². The fraction of sp³-hybridized carbons (Fsp3) is 0.318. The number of methoxy groups -OCH3 is 1. The molecule has 0 spiro atoms. The summed E-state index contributed by atoms with van der Waals surface area (Å²) in [6, 6.07) is 8.66. The molecule has 0 saturated carbocycles. The van der Waals surface area contributed by atoms with Crippen molar-refractivity contribution >= 4 is 17.5 Å². The summed E-state index contributed by atoms with van der Waals surface area (Å²) in [6.07, 6.45) is 4.77. The molecule has 9 nitrogen and oxygen atoms in total. The van der Waals surface area contributed by atoms with Crippen molar-refractivity contribution in [3.63, 3.8) is 0 Å². The van der Waals surface area contributed by atoms with Crippen LogP contribution < -0.4 is 10.1 Å². The molecule has 1 aliphatic rings. The lowest BCUT2D eigenvalue weighted by Crippen LogP contribution is -2.33. The monoisotopic (exact) mass is 420 g/mol. The lowest BCUT2D eigenvalue weighted by atomic mass is 10.1. The zero-order valence-electron chi connectivity index (χ0n) is 17.7. The summed E-state index contributed by atoms with van der Waals surface area (Å²) in [5.74, 6) is 0.699. The van der Waals surface area contributed by atoms with E-state index < -0.39 is 0 Å². The Kier molecular flexibility index (Phi) is 5.66. The van der Waals surface area contributed by atoms with Gasteiger partial charge in [-0.25, -0.2) is 9.97 Å². The molecule has 31 heavy (non-hydrogen) atoms. The van der Waals surface area contributed by atoms with Gasteiger partial charge >= 0.3 is 0 Å². The van der Waals surface area contributed by atoms with Gasteiger partial charge in [0.25, 0.3) is 11.8 Å². The highest BCUT2D eigenvalue weighted by Crippen LogP contribution is 2.31. The Bertz CT molecular complexity index is 1130. The molecule has 4 rings (SSSR count). The van der Waals surface area contributed by atoms with E-state index in [9.17, 15) is 9.59 Å². The van der Waals surface area contributed by atoms with Crippen molar-refractivity contribution in [2.75, 3.05) is 19.0 Å². The first kappa shape index (κ1) is 20.5. The molecule has 1 saturated heterocycles. The minimum Gasteiger partial charge on any atom is -0.495 e. The lowest BCUT2D eigenvalue weighted by molar-refractivity contribution is 0.0718. The van der Waals surface area contributed by atoms with Gasteiger partial charge in [-0.15, -0.1) is 0 Å². The third-order valence-electron chi connectivity index (χ3n) is 5.45. The summed E-state index contributed by atoms with van der Waals surface area (Å²) in [4.78, 5) is 36.5. The average molecular weight is 420 g/mol.